The van der Waals surface area contributed by atoms with E-state index in [9.17, 15) is 18.8 Å². The van der Waals surface area contributed by atoms with Gasteiger partial charge in [-0.15, -0.1) is 0 Å². The van der Waals surface area contributed by atoms with Gasteiger partial charge in [-0.2, -0.15) is 0 Å². The minimum atomic E-state index is -0.805. The van der Waals surface area contributed by atoms with Crippen molar-refractivity contribution in [2.45, 2.75) is 12.8 Å². The highest BCUT2D eigenvalue weighted by molar-refractivity contribution is 6.31. The Balaban J connectivity index is 1.54. The van der Waals surface area contributed by atoms with Crippen molar-refractivity contribution in [1.29, 1.82) is 0 Å². The Morgan fingerprint density at radius 2 is 1.80 bits per heavy atom. The summed E-state index contributed by atoms with van der Waals surface area (Å²) in [5.41, 5.74) is 1.97. The van der Waals surface area contributed by atoms with Crippen LogP contribution in [0.3, 0.4) is 0 Å². The van der Waals surface area contributed by atoms with Crippen LogP contribution in [-0.4, -0.2) is 47.4 Å². The van der Waals surface area contributed by atoms with E-state index in [1.807, 2.05) is 0 Å². The van der Waals surface area contributed by atoms with Crippen LogP contribution in [0.4, 0.5) is 4.39 Å². The highest BCUT2D eigenvalue weighted by Gasteiger charge is 2.28. The van der Waals surface area contributed by atoms with Gasteiger partial charge in [0.25, 0.3) is 11.8 Å². The summed E-state index contributed by atoms with van der Waals surface area (Å²) in [6.07, 6.45) is 1.00. The van der Waals surface area contributed by atoms with E-state index in [4.69, 9.17) is 21.5 Å². The quantitative estimate of drug-likeness (QED) is 0.414. The van der Waals surface area contributed by atoms with Crippen molar-refractivity contribution in [2.24, 2.45) is 5.92 Å². The number of Topliss-reactive ketones (excluding diaryl/α,β-unsaturated/α-hetero) is 1. The van der Waals surface area contributed by atoms with Crippen LogP contribution in [-0.2, 0) is 4.79 Å². The van der Waals surface area contributed by atoms with Crippen molar-refractivity contribution in [3.8, 4) is 5.75 Å². The van der Waals surface area contributed by atoms with E-state index in [0.29, 0.717) is 31.5 Å². The second-order valence-electron chi connectivity index (χ2n) is 6.90. The summed E-state index contributed by atoms with van der Waals surface area (Å²) < 4.78 is 18.5. The van der Waals surface area contributed by atoms with Gasteiger partial charge in [0, 0.05) is 29.6 Å². The zero-order valence-corrected chi connectivity index (χ0v) is 16.7. The van der Waals surface area contributed by atoms with E-state index in [-0.39, 0.29) is 40.6 Å². The Bertz CT molecular complexity index is 943. The number of carbonyl (C=O) groups excluding carboxylic acids is 3. The highest BCUT2D eigenvalue weighted by Crippen LogP contribution is 2.24. The normalized spacial score (nSPS) is 14.3. The van der Waals surface area contributed by atoms with Gasteiger partial charge in [0.2, 0.25) is 0 Å². The van der Waals surface area contributed by atoms with E-state index in [1.54, 1.807) is 4.90 Å². The molecule has 2 N–H and O–H groups in total. The highest BCUT2D eigenvalue weighted by atomic mass is 35.5. The van der Waals surface area contributed by atoms with Crippen LogP contribution in [0.2, 0.25) is 5.02 Å². The average molecular weight is 435 g/mol. The number of rotatable bonds is 6. The third-order valence-electron chi connectivity index (χ3n) is 4.99. The molecule has 1 saturated heterocycles. The summed E-state index contributed by atoms with van der Waals surface area (Å²) in [4.78, 5) is 38.3. The van der Waals surface area contributed by atoms with Gasteiger partial charge in [-0.05, 0) is 55.3 Å². The molecule has 0 aliphatic carbocycles. The zero-order chi connectivity index (χ0) is 21.7. The fourth-order valence-corrected chi connectivity index (χ4v) is 3.51. The molecule has 0 spiro atoms. The third-order valence-corrected chi connectivity index (χ3v) is 5.22. The summed E-state index contributed by atoms with van der Waals surface area (Å²) in [6.45, 7) is 0.485. The van der Waals surface area contributed by atoms with Crippen LogP contribution in [0.5, 0.6) is 5.75 Å². The fourth-order valence-electron chi connectivity index (χ4n) is 3.34. The molecule has 2 aromatic carbocycles. The van der Waals surface area contributed by atoms with Gasteiger partial charge in [-0.25, -0.2) is 9.87 Å². The first-order chi connectivity index (χ1) is 14.4. The SMILES string of the molecule is O=C(NO)c1cc(Cl)ccc1OCC(=O)N1CCC(C(=O)c2ccc(F)cc2)CC1. The van der Waals surface area contributed by atoms with Gasteiger partial charge in [0.05, 0.1) is 5.56 Å². The second-order valence-corrected chi connectivity index (χ2v) is 7.33. The number of halogens is 2. The lowest BCUT2D eigenvalue weighted by Crippen LogP contribution is -2.42. The Morgan fingerprint density at radius 1 is 1.13 bits per heavy atom. The lowest BCUT2D eigenvalue weighted by atomic mass is 9.89. The van der Waals surface area contributed by atoms with Crippen molar-refractivity contribution in [3.05, 3.63) is 64.4 Å². The van der Waals surface area contributed by atoms with Gasteiger partial charge < -0.3 is 9.64 Å². The molecule has 1 aliphatic heterocycles. The molecule has 3 rings (SSSR count). The average Bonchev–Trinajstić information content (AvgIpc) is 2.77. The van der Waals surface area contributed by atoms with E-state index >= 15 is 0 Å². The summed E-state index contributed by atoms with van der Waals surface area (Å²) >= 11 is 5.86. The van der Waals surface area contributed by atoms with Crippen molar-refractivity contribution in [3.63, 3.8) is 0 Å². The largest absolute Gasteiger partial charge is 0.483 e. The van der Waals surface area contributed by atoms with Crippen molar-refractivity contribution >= 4 is 29.2 Å². The maximum Gasteiger partial charge on any atom is 0.278 e. The third kappa shape index (κ3) is 5.14. The van der Waals surface area contributed by atoms with Crippen LogP contribution in [0.1, 0.15) is 33.6 Å². The first-order valence-electron chi connectivity index (χ1n) is 9.33. The number of ketones is 1. The molecule has 158 valence electrons. The van der Waals surface area contributed by atoms with Crippen LogP contribution < -0.4 is 10.2 Å². The summed E-state index contributed by atoms with van der Waals surface area (Å²) in [7, 11) is 0. The molecule has 2 aromatic rings. The Hall–Kier alpha value is -2.97. The molecule has 7 nitrogen and oxygen atoms in total. The van der Waals surface area contributed by atoms with Gasteiger partial charge >= 0.3 is 0 Å². The van der Waals surface area contributed by atoms with E-state index in [0.717, 1.165) is 0 Å². The molecular formula is C21H20ClFN2O5. The molecule has 0 saturated carbocycles. The first-order valence-corrected chi connectivity index (χ1v) is 9.71. The van der Waals surface area contributed by atoms with Crippen molar-refractivity contribution in [2.75, 3.05) is 19.7 Å². The monoisotopic (exact) mass is 434 g/mol. The molecule has 1 fully saturated rings. The van der Waals surface area contributed by atoms with Crippen LogP contribution in [0, 0.1) is 11.7 Å². The topological polar surface area (TPSA) is 95.9 Å². The number of hydroxylamine groups is 1. The first kappa shape index (κ1) is 21.7. The number of piperidine rings is 1. The molecule has 0 atom stereocenters. The predicted molar refractivity (Wildman–Crippen MR) is 106 cm³/mol. The van der Waals surface area contributed by atoms with Gasteiger partial charge in [0.15, 0.2) is 12.4 Å². The van der Waals surface area contributed by atoms with Gasteiger partial charge in [-0.1, -0.05) is 11.6 Å². The molecule has 1 aliphatic rings. The van der Waals surface area contributed by atoms with Gasteiger partial charge in [0.1, 0.15) is 11.6 Å². The number of hydrogen-bond acceptors (Lipinski definition) is 5. The number of amides is 2. The number of likely N-dealkylation sites (tertiary alicyclic amines) is 1. The minimum Gasteiger partial charge on any atom is -0.483 e. The molecular weight excluding hydrogens is 415 g/mol. The second kappa shape index (κ2) is 9.69. The zero-order valence-electron chi connectivity index (χ0n) is 15.9. The fraction of sp³-hybridized carbons (Fsp3) is 0.286. The number of hydrogen-bond donors (Lipinski definition) is 2. The molecule has 1 heterocycles. The Morgan fingerprint density at radius 3 is 2.43 bits per heavy atom. The number of benzene rings is 2. The lowest BCUT2D eigenvalue weighted by molar-refractivity contribution is -0.134. The lowest BCUT2D eigenvalue weighted by Gasteiger charge is -2.31. The summed E-state index contributed by atoms with van der Waals surface area (Å²) in [6, 6.07) is 9.70. The van der Waals surface area contributed by atoms with Crippen LogP contribution in [0.15, 0.2) is 42.5 Å². The molecule has 0 radical (unpaired) electrons. The molecule has 2 amide bonds. The maximum atomic E-state index is 13.0. The number of ether oxygens (including phenoxy) is 1. The number of carbonyl (C=O) groups is 3. The molecule has 0 bridgehead atoms. The van der Waals surface area contributed by atoms with Crippen molar-refractivity contribution in [1.82, 2.24) is 10.4 Å². The number of nitrogens with zero attached hydrogens (tertiary/aromatic N) is 1. The van der Waals surface area contributed by atoms with E-state index < -0.39 is 11.7 Å². The summed E-state index contributed by atoms with van der Waals surface area (Å²) in [5, 5.41) is 9.11. The number of nitrogens with one attached hydrogen (secondary N) is 1. The van der Waals surface area contributed by atoms with Crippen LogP contribution in [0.25, 0.3) is 0 Å². The van der Waals surface area contributed by atoms with E-state index in [2.05, 4.69) is 0 Å². The standard InChI is InChI=1S/C21H20ClFN2O5/c22-15-3-6-18(17(11-15)21(28)24-29)30-12-19(26)25-9-7-14(8-10-25)20(27)13-1-4-16(23)5-2-13/h1-6,11,14,29H,7-10,12H2,(H,24,28). The van der Waals surface area contributed by atoms with E-state index in [1.165, 1.54) is 47.9 Å². The smallest absolute Gasteiger partial charge is 0.278 e. The molecule has 0 unspecified atom stereocenters. The maximum absolute atomic E-state index is 13.0. The molecule has 30 heavy (non-hydrogen) atoms. The Kier molecular flexibility index (Phi) is 7.02. The summed E-state index contributed by atoms with van der Waals surface area (Å²) in [5.74, 6) is -1.66. The van der Waals surface area contributed by atoms with Crippen molar-refractivity contribution < 1.29 is 28.7 Å². The molecule has 0 aromatic heterocycles. The minimum absolute atomic E-state index is 0.00130. The van der Waals surface area contributed by atoms with Crippen LogP contribution >= 0.6 is 11.6 Å². The predicted octanol–water partition coefficient (Wildman–Crippen LogP) is 3.10. The Labute approximate surface area is 177 Å². The van der Waals surface area contributed by atoms with Gasteiger partial charge in [-0.3, -0.25) is 19.6 Å². The molecule has 9 heteroatoms.